The molecule has 0 saturated carbocycles. The number of halogens is 1. The van der Waals surface area contributed by atoms with Crippen LogP contribution < -0.4 is 10.2 Å². The highest BCUT2D eigenvalue weighted by atomic mass is 35.5. The summed E-state index contributed by atoms with van der Waals surface area (Å²) in [4.78, 5) is 29.0. The standard InChI is InChI=1S/C30H38ClN7O2S/c1-36-15-17-37(18-16-36)19-20-40-30(39)38(14-13-23-9-5-3-6-10-23)28-25(21-32)27(34-29(35-28)41-2)33-22-26(31)24-11-7-4-8-12-24/h3-12,21,26,32H,13-20,22H2,1-2H3,(H,33,34,35). The molecular formula is C30H38ClN7O2S. The number of benzene rings is 2. The van der Waals surface area contributed by atoms with Gasteiger partial charge in [0, 0.05) is 52.0 Å². The third-order valence-corrected chi connectivity index (χ3v) is 7.97. The molecule has 3 aromatic rings. The van der Waals surface area contributed by atoms with Crippen LogP contribution in [0.1, 0.15) is 22.1 Å². The molecule has 11 heteroatoms. The number of anilines is 2. The zero-order chi connectivity index (χ0) is 29.0. The normalized spacial score (nSPS) is 14.8. The van der Waals surface area contributed by atoms with Crippen LogP contribution in [0.15, 0.2) is 65.8 Å². The minimum absolute atomic E-state index is 0.279. The number of nitrogens with one attached hydrogen (secondary N) is 2. The Morgan fingerprint density at radius 3 is 2.46 bits per heavy atom. The molecular weight excluding hydrogens is 558 g/mol. The molecule has 9 nitrogen and oxygen atoms in total. The lowest BCUT2D eigenvalue weighted by molar-refractivity contribution is 0.107. The van der Waals surface area contributed by atoms with Gasteiger partial charge in [-0.2, -0.15) is 0 Å². The van der Waals surface area contributed by atoms with E-state index in [-0.39, 0.29) is 12.0 Å². The molecule has 2 heterocycles. The van der Waals surface area contributed by atoms with E-state index in [0.29, 0.717) is 48.4 Å². The molecule has 1 saturated heterocycles. The lowest BCUT2D eigenvalue weighted by Crippen LogP contribution is -2.46. The number of aromatic nitrogens is 2. The first-order chi connectivity index (χ1) is 20.0. The van der Waals surface area contributed by atoms with Crippen molar-refractivity contribution in [2.75, 3.05) is 75.9 Å². The van der Waals surface area contributed by atoms with Crippen LogP contribution in [0.25, 0.3) is 0 Å². The number of carbonyl (C=O) groups is 1. The van der Waals surface area contributed by atoms with E-state index in [1.165, 1.54) is 22.9 Å². The van der Waals surface area contributed by atoms with Gasteiger partial charge in [-0.15, -0.1) is 11.6 Å². The van der Waals surface area contributed by atoms with E-state index in [1.54, 1.807) is 0 Å². The van der Waals surface area contributed by atoms with E-state index in [2.05, 4.69) is 32.1 Å². The summed E-state index contributed by atoms with van der Waals surface area (Å²) in [6.45, 7) is 5.58. The number of thioether (sulfide) groups is 1. The average molecular weight is 596 g/mol. The van der Waals surface area contributed by atoms with Gasteiger partial charge in [0.25, 0.3) is 0 Å². The highest BCUT2D eigenvalue weighted by molar-refractivity contribution is 7.98. The maximum absolute atomic E-state index is 13.6. The molecule has 1 atom stereocenters. The molecule has 4 rings (SSSR count). The lowest BCUT2D eigenvalue weighted by atomic mass is 10.1. The molecule has 2 N–H and O–H groups in total. The topological polar surface area (TPSA) is 97.7 Å². The van der Waals surface area contributed by atoms with E-state index in [9.17, 15) is 4.79 Å². The second kappa shape index (κ2) is 15.7. The highest BCUT2D eigenvalue weighted by Gasteiger charge is 2.26. The van der Waals surface area contributed by atoms with Gasteiger partial charge in [-0.1, -0.05) is 72.4 Å². The Bertz CT molecular complexity index is 1260. The second-order valence-corrected chi connectivity index (χ2v) is 11.1. The first kappa shape index (κ1) is 30.8. The number of carbonyl (C=O) groups excluding carboxylic acids is 1. The number of ether oxygens (including phenoxy) is 1. The molecule has 0 spiro atoms. The van der Waals surface area contributed by atoms with Crippen LogP contribution in [0, 0.1) is 5.41 Å². The summed E-state index contributed by atoms with van der Waals surface area (Å²) in [5.41, 5.74) is 2.47. The zero-order valence-electron chi connectivity index (χ0n) is 23.6. The predicted octanol–water partition coefficient (Wildman–Crippen LogP) is 5.02. The fourth-order valence-electron chi connectivity index (χ4n) is 4.55. The molecule has 1 fully saturated rings. The Morgan fingerprint density at radius 1 is 1.12 bits per heavy atom. The van der Waals surface area contributed by atoms with Crippen molar-refractivity contribution in [1.82, 2.24) is 19.8 Å². The fraction of sp³-hybridized carbons (Fsp3) is 0.400. The molecule has 0 aliphatic carbocycles. The average Bonchev–Trinajstić information content (AvgIpc) is 3.01. The molecule has 2 aromatic carbocycles. The molecule has 1 aliphatic rings. The molecule has 1 unspecified atom stereocenters. The number of alkyl halides is 1. The Hall–Kier alpha value is -3.18. The number of rotatable bonds is 13. The first-order valence-electron chi connectivity index (χ1n) is 13.8. The predicted molar refractivity (Wildman–Crippen MR) is 168 cm³/mol. The van der Waals surface area contributed by atoms with Crippen LogP contribution >= 0.6 is 23.4 Å². The molecule has 0 radical (unpaired) electrons. The van der Waals surface area contributed by atoms with Crippen LogP contribution in [0.5, 0.6) is 0 Å². The van der Waals surface area contributed by atoms with Crippen molar-refractivity contribution in [3.05, 3.63) is 77.4 Å². The van der Waals surface area contributed by atoms with Gasteiger partial charge in [0.2, 0.25) is 0 Å². The number of hydrogen-bond donors (Lipinski definition) is 2. The fourth-order valence-corrected chi connectivity index (χ4v) is 5.13. The summed E-state index contributed by atoms with van der Waals surface area (Å²) in [6, 6.07) is 19.8. The summed E-state index contributed by atoms with van der Waals surface area (Å²) < 4.78 is 5.79. The Morgan fingerprint density at radius 2 is 1.80 bits per heavy atom. The summed E-state index contributed by atoms with van der Waals surface area (Å²) >= 11 is 8.03. The smallest absolute Gasteiger partial charge is 0.415 e. The van der Waals surface area contributed by atoms with Crippen molar-refractivity contribution < 1.29 is 9.53 Å². The molecule has 41 heavy (non-hydrogen) atoms. The van der Waals surface area contributed by atoms with Gasteiger partial charge in [0.05, 0.1) is 10.9 Å². The Labute approximate surface area is 251 Å². The maximum Gasteiger partial charge on any atom is 0.415 e. The van der Waals surface area contributed by atoms with Crippen molar-refractivity contribution in [2.24, 2.45) is 0 Å². The van der Waals surface area contributed by atoms with Gasteiger partial charge in [0.1, 0.15) is 12.4 Å². The Balaban J connectivity index is 1.55. The van der Waals surface area contributed by atoms with Crippen molar-refractivity contribution in [3.63, 3.8) is 0 Å². The third-order valence-electron chi connectivity index (χ3n) is 7.01. The zero-order valence-corrected chi connectivity index (χ0v) is 25.2. The highest BCUT2D eigenvalue weighted by Crippen LogP contribution is 2.28. The van der Waals surface area contributed by atoms with E-state index in [4.69, 9.17) is 21.7 Å². The van der Waals surface area contributed by atoms with E-state index in [0.717, 1.165) is 37.3 Å². The van der Waals surface area contributed by atoms with E-state index in [1.807, 2.05) is 66.9 Å². The second-order valence-electron chi connectivity index (χ2n) is 9.85. The van der Waals surface area contributed by atoms with Crippen molar-refractivity contribution in [3.8, 4) is 0 Å². The molecule has 1 amide bonds. The van der Waals surface area contributed by atoms with Crippen LogP contribution in [0.2, 0.25) is 0 Å². The minimum atomic E-state index is -0.491. The third kappa shape index (κ3) is 8.90. The van der Waals surface area contributed by atoms with E-state index < -0.39 is 6.09 Å². The largest absolute Gasteiger partial charge is 0.448 e. The van der Waals surface area contributed by atoms with Gasteiger partial charge >= 0.3 is 6.09 Å². The lowest BCUT2D eigenvalue weighted by Gasteiger charge is -2.32. The van der Waals surface area contributed by atoms with Gasteiger partial charge in [-0.3, -0.25) is 9.80 Å². The first-order valence-corrected chi connectivity index (χ1v) is 15.4. The van der Waals surface area contributed by atoms with Crippen LogP contribution in [-0.4, -0.2) is 97.8 Å². The van der Waals surface area contributed by atoms with Gasteiger partial charge < -0.3 is 20.4 Å². The molecule has 1 aromatic heterocycles. The van der Waals surface area contributed by atoms with Gasteiger partial charge in [0.15, 0.2) is 11.0 Å². The number of hydrogen-bond acceptors (Lipinski definition) is 9. The van der Waals surface area contributed by atoms with E-state index >= 15 is 0 Å². The van der Waals surface area contributed by atoms with Crippen molar-refractivity contribution in [2.45, 2.75) is 17.0 Å². The maximum atomic E-state index is 13.6. The number of nitrogens with zero attached hydrogens (tertiary/aromatic N) is 5. The van der Waals surface area contributed by atoms with Crippen molar-refractivity contribution >= 4 is 47.3 Å². The minimum Gasteiger partial charge on any atom is -0.448 e. The van der Waals surface area contributed by atoms with Crippen LogP contribution in [0.4, 0.5) is 16.4 Å². The van der Waals surface area contributed by atoms with Crippen LogP contribution in [0.3, 0.4) is 0 Å². The molecule has 1 aliphatic heterocycles. The van der Waals surface area contributed by atoms with Gasteiger partial charge in [-0.05, 0) is 30.9 Å². The van der Waals surface area contributed by atoms with Crippen molar-refractivity contribution in [1.29, 1.82) is 5.41 Å². The molecule has 218 valence electrons. The summed E-state index contributed by atoms with van der Waals surface area (Å²) in [6.07, 6.45) is 3.17. The SMILES string of the molecule is CSc1nc(NCC(Cl)c2ccccc2)c(C=N)c(N(CCc2ccccc2)C(=O)OCCN2CCN(C)CC2)n1. The monoisotopic (exact) mass is 595 g/mol. The summed E-state index contributed by atoms with van der Waals surface area (Å²) in [7, 11) is 2.12. The number of piperazine rings is 1. The quantitative estimate of drug-likeness (QED) is 0.123. The summed E-state index contributed by atoms with van der Waals surface area (Å²) in [5, 5.41) is 11.7. The number of likely N-dealkylation sites (N-methyl/N-ethyl adjacent to an activating group) is 1. The van der Waals surface area contributed by atoms with Crippen LogP contribution in [-0.2, 0) is 11.2 Å². The Kier molecular flexibility index (Phi) is 11.8. The molecule has 0 bridgehead atoms. The number of amides is 1. The van der Waals surface area contributed by atoms with Gasteiger partial charge in [-0.25, -0.2) is 14.8 Å². The summed E-state index contributed by atoms with van der Waals surface area (Å²) in [5.74, 6) is 0.791.